The zero-order chi connectivity index (χ0) is 25.4. The van der Waals surface area contributed by atoms with Crippen LogP contribution in [-0.4, -0.2) is 34.1 Å². The third kappa shape index (κ3) is 4.68. The number of rotatable bonds is 6. The van der Waals surface area contributed by atoms with Crippen LogP contribution in [0, 0.1) is 0 Å². The lowest BCUT2D eigenvalue weighted by Crippen LogP contribution is -2.41. The number of nitrogens with zero attached hydrogens (tertiary/aromatic N) is 1. The number of ether oxygens (including phenoxy) is 1. The average Bonchev–Trinajstić information content (AvgIpc) is 2.84. The Labute approximate surface area is 226 Å². The van der Waals surface area contributed by atoms with Crippen LogP contribution in [0.1, 0.15) is 55.6 Å². The number of hydrogen-bond acceptors (Lipinski definition) is 5. The van der Waals surface area contributed by atoms with Crippen molar-refractivity contribution in [3.05, 3.63) is 85.1 Å². The first kappa shape index (κ1) is 25.0. The molecular weight excluding hydrogens is 590 g/mol. The molecule has 0 spiro atoms. The molecule has 1 N–H and O–H groups in total. The van der Waals surface area contributed by atoms with Crippen molar-refractivity contribution in [1.82, 2.24) is 4.90 Å². The van der Waals surface area contributed by atoms with Crippen molar-refractivity contribution >= 4 is 49.4 Å². The molecule has 6 nitrogen and oxygen atoms in total. The number of carbonyl (C=O) groups excluding carboxylic acids is 2. The molecule has 2 aromatic carbocycles. The zero-order valence-electron chi connectivity index (χ0n) is 19.6. The minimum atomic E-state index is -0.986. The molecule has 8 heteroatoms. The normalized spacial score (nSPS) is 18.3. The van der Waals surface area contributed by atoms with Gasteiger partial charge in [0.05, 0.1) is 4.47 Å². The van der Waals surface area contributed by atoms with E-state index in [1.807, 2.05) is 42.5 Å². The number of halogens is 2. The molecular formula is C28H25Br2NO5. The molecule has 0 fully saturated rings. The number of carboxylic acid groups (broad SMARTS) is 1. The quantitative estimate of drug-likeness (QED) is 0.412. The second-order valence-corrected chi connectivity index (χ2v) is 11.0. The van der Waals surface area contributed by atoms with E-state index >= 15 is 0 Å². The Kier molecular flexibility index (Phi) is 7.17. The van der Waals surface area contributed by atoms with Crippen LogP contribution in [0.5, 0.6) is 5.75 Å². The van der Waals surface area contributed by atoms with E-state index in [1.54, 1.807) is 4.90 Å². The molecule has 0 saturated carbocycles. The van der Waals surface area contributed by atoms with Crippen LogP contribution in [0.3, 0.4) is 0 Å². The Balaban J connectivity index is 1.70. The van der Waals surface area contributed by atoms with Gasteiger partial charge in [-0.25, -0.2) is 0 Å². The third-order valence-corrected chi connectivity index (χ3v) is 8.00. The molecule has 0 unspecified atom stereocenters. The van der Waals surface area contributed by atoms with Crippen LogP contribution in [0.25, 0.3) is 0 Å². The van der Waals surface area contributed by atoms with Gasteiger partial charge in [0.1, 0.15) is 18.9 Å². The van der Waals surface area contributed by atoms with Crippen molar-refractivity contribution < 1.29 is 24.2 Å². The van der Waals surface area contributed by atoms with E-state index in [1.165, 1.54) is 0 Å². The highest BCUT2D eigenvalue weighted by molar-refractivity contribution is 9.11. The van der Waals surface area contributed by atoms with Crippen molar-refractivity contribution in [2.45, 2.75) is 51.0 Å². The number of hydrogen-bond donors (Lipinski definition) is 1. The average molecular weight is 615 g/mol. The zero-order valence-corrected chi connectivity index (χ0v) is 22.7. The van der Waals surface area contributed by atoms with E-state index in [4.69, 9.17) is 4.74 Å². The van der Waals surface area contributed by atoms with Crippen LogP contribution in [0.15, 0.2) is 74.0 Å². The second-order valence-electron chi connectivity index (χ2n) is 9.27. The molecule has 2 aromatic rings. The van der Waals surface area contributed by atoms with Crippen LogP contribution in [0.2, 0.25) is 0 Å². The van der Waals surface area contributed by atoms with Gasteiger partial charge in [-0.1, -0.05) is 46.3 Å². The summed E-state index contributed by atoms with van der Waals surface area (Å²) in [6.45, 7) is 0.0656. The molecule has 0 amide bonds. The van der Waals surface area contributed by atoms with Gasteiger partial charge in [0.25, 0.3) is 0 Å². The Morgan fingerprint density at radius 2 is 1.56 bits per heavy atom. The van der Waals surface area contributed by atoms with Crippen LogP contribution >= 0.6 is 31.9 Å². The summed E-state index contributed by atoms with van der Waals surface area (Å²) in [4.78, 5) is 40.4. The van der Waals surface area contributed by atoms with Gasteiger partial charge in [0.15, 0.2) is 11.6 Å². The molecule has 0 atom stereocenters. The number of aliphatic carboxylic acids is 1. The largest absolute Gasteiger partial charge is 0.487 e. The summed E-state index contributed by atoms with van der Waals surface area (Å²) < 4.78 is 7.85. The van der Waals surface area contributed by atoms with Gasteiger partial charge in [-0.15, -0.1) is 0 Å². The highest BCUT2D eigenvalue weighted by Crippen LogP contribution is 2.52. The summed E-state index contributed by atoms with van der Waals surface area (Å²) in [6, 6.07) is 13.6. The van der Waals surface area contributed by atoms with Crippen molar-refractivity contribution in [2.24, 2.45) is 0 Å². The SMILES string of the molecule is O=C(O)CN1C2=C(C(=O)CCC2)C(c2cc(Br)cc(Br)c2OCc2ccccc2)C2=C1CCCC2=O. The maximum Gasteiger partial charge on any atom is 0.323 e. The number of allylic oxidation sites excluding steroid dienone is 4. The molecule has 1 heterocycles. The Morgan fingerprint density at radius 1 is 0.944 bits per heavy atom. The highest BCUT2D eigenvalue weighted by Gasteiger charge is 2.44. The summed E-state index contributed by atoms with van der Waals surface area (Å²) in [5, 5.41) is 9.67. The van der Waals surface area contributed by atoms with Gasteiger partial charge >= 0.3 is 5.97 Å². The number of ketones is 2. The summed E-state index contributed by atoms with van der Waals surface area (Å²) in [7, 11) is 0. The fraction of sp³-hybridized carbons (Fsp3) is 0.321. The van der Waals surface area contributed by atoms with Crippen molar-refractivity contribution in [2.75, 3.05) is 6.54 Å². The molecule has 0 radical (unpaired) electrons. The molecule has 2 aliphatic carbocycles. The maximum absolute atomic E-state index is 13.5. The molecule has 186 valence electrons. The van der Waals surface area contributed by atoms with Gasteiger partial charge in [-0.2, -0.15) is 0 Å². The Hall–Kier alpha value is -2.71. The number of Topliss-reactive ketones (excluding diaryl/α,β-unsaturated/α-hetero) is 2. The minimum Gasteiger partial charge on any atom is -0.487 e. The number of carboxylic acids is 1. The van der Waals surface area contributed by atoms with Gasteiger partial charge in [0.2, 0.25) is 0 Å². The smallest absolute Gasteiger partial charge is 0.323 e. The topological polar surface area (TPSA) is 83.9 Å². The predicted molar refractivity (Wildman–Crippen MR) is 141 cm³/mol. The molecule has 5 rings (SSSR count). The van der Waals surface area contributed by atoms with Gasteiger partial charge in [-0.3, -0.25) is 14.4 Å². The van der Waals surface area contributed by atoms with E-state index in [2.05, 4.69) is 31.9 Å². The van der Waals surface area contributed by atoms with E-state index < -0.39 is 11.9 Å². The van der Waals surface area contributed by atoms with E-state index in [9.17, 15) is 19.5 Å². The highest BCUT2D eigenvalue weighted by atomic mass is 79.9. The van der Waals surface area contributed by atoms with Gasteiger partial charge in [0, 0.05) is 51.3 Å². The van der Waals surface area contributed by atoms with Crippen LogP contribution < -0.4 is 4.74 Å². The van der Waals surface area contributed by atoms with Gasteiger partial charge in [-0.05, 0) is 59.3 Å². The monoisotopic (exact) mass is 613 g/mol. The van der Waals surface area contributed by atoms with E-state index in [0.717, 1.165) is 27.0 Å². The maximum atomic E-state index is 13.5. The number of carbonyl (C=O) groups is 3. The van der Waals surface area contributed by atoms with Gasteiger partial charge < -0.3 is 14.7 Å². The minimum absolute atomic E-state index is 0.0355. The summed E-state index contributed by atoms with van der Waals surface area (Å²) in [5.74, 6) is -1.08. The van der Waals surface area contributed by atoms with E-state index in [-0.39, 0.29) is 18.1 Å². The first-order valence-electron chi connectivity index (χ1n) is 12.0. The lowest BCUT2D eigenvalue weighted by molar-refractivity contribution is -0.138. The second kappa shape index (κ2) is 10.3. The molecule has 0 aromatic heterocycles. The Bertz CT molecular complexity index is 1270. The summed E-state index contributed by atoms with van der Waals surface area (Å²) >= 11 is 7.23. The first-order chi connectivity index (χ1) is 17.3. The first-order valence-corrected chi connectivity index (χ1v) is 13.6. The molecule has 1 aliphatic heterocycles. The van der Waals surface area contributed by atoms with Crippen LogP contribution in [-0.2, 0) is 21.0 Å². The van der Waals surface area contributed by atoms with Crippen LogP contribution in [0.4, 0.5) is 0 Å². The molecule has 0 saturated heterocycles. The number of benzene rings is 2. The third-order valence-electron chi connectivity index (χ3n) is 6.95. The molecule has 36 heavy (non-hydrogen) atoms. The fourth-order valence-electron chi connectivity index (χ4n) is 5.53. The van der Waals surface area contributed by atoms with Crippen molar-refractivity contribution in [1.29, 1.82) is 0 Å². The predicted octanol–water partition coefficient (Wildman–Crippen LogP) is 6.29. The lowest BCUT2D eigenvalue weighted by atomic mass is 9.70. The summed E-state index contributed by atoms with van der Waals surface area (Å²) in [5.41, 5.74) is 4.26. The van der Waals surface area contributed by atoms with Crippen molar-refractivity contribution in [3.63, 3.8) is 0 Å². The standard InChI is InChI=1S/C28H25Br2NO5/c29-17-12-18(28(19(30)13-17)36-15-16-6-2-1-3-7-16)25-26-20(8-4-10-22(26)32)31(14-24(34)35)21-9-5-11-23(33)27(21)25/h1-3,6-7,12-13,25H,4-5,8-11,14-15H2,(H,34,35). The summed E-state index contributed by atoms with van der Waals surface area (Å²) in [6.07, 6.45) is 3.29. The fourth-order valence-corrected chi connectivity index (χ4v) is 6.90. The van der Waals surface area contributed by atoms with Crippen molar-refractivity contribution in [3.8, 4) is 5.75 Å². The lowest BCUT2D eigenvalue weighted by Gasteiger charge is -2.43. The Morgan fingerprint density at radius 3 is 2.14 bits per heavy atom. The van der Waals surface area contributed by atoms with E-state index in [0.29, 0.717) is 66.5 Å². The molecule has 3 aliphatic rings. The molecule has 0 bridgehead atoms.